The second-order valence-electron chi connectivity index (χ2n) is 5.99. The number of ether oxygens (including phenoxy) is 2. The van der Waals surface area contributed by atoms with Crippen LogP contribution in [0.1, 0.15) is 25.7 Å². The van der Waals surface area contributed by atoms with Gasteiger partial charge < -0.3 is 14.8 Å². The summed E-state index contributed by atoms with van der Waals surface area (Å²) in [5.74, 6) is 0.212. The van der Waals surface area contributed by atoms with E-state index in [0.29, 0.717) is 19.0 Å². The van der Waals surface area contributed by atoms with Crippen LogP contribution in [0.2, 0.25) is 0 Å². The van der Waals surface area contributed by atoms with Crippen LogP contribution >= 0.6 is 0 Å². The molecule has 1 aliphatic heterocycles. The molecule has 1 aromatic carbocycles. The van der Waals surface area contributed by atoms with E-state index in [0.717, 1.165) is 36.6 Å². The Balaban J connectivity index is 1.42. The molecule has 2 heterocycles. The number of amides is 1. The average Bonchev–Trinajstić information content (AvgIpc) is 3.16. The van der Waals surface area contributed by atoms with Gasteiger partial charge in [-0.2, -0.15) is 5.10 Å². The van der Waals surface area contributed by atoms with Gasteiger partial charge in [0.1, 0.15) is 0 Å². The quantitative estimate of drug-likeness (QED) is 0.893. The maximum Gasteiger partial charge on any atom is 0.228 e. The van der Waals surface area contributed by atoms with Gasteiger partial charge in [0.05, 0.1) is 18.7 Å². The fourth-order valence-electron chi connectivity index (χ4n) is 3.38. The van der Waals surface area contributed by atoms with Gasteiger partial charge in [-0.25, -0.2) is 0 Å². The van der Waals surface area contributed by atoms with Gasteiger partial charge in [-0.05, 0) is 25.0 Å². The molecule has 2 fully saturated rings. The Morgan fingerprint density at radius 3 is 2.73 bits per heavy atom. The molecule has 6 nitrogen and oxygen atoms in total. The number of rotatable bonds is 2. The molecule has 1 aromatic heterocycles. The van der Waals surface area contributed by atoms with E-state index >= 15 is 0 Å². The van der Waals surface area contributed by atoms with E-state index in [2.05, 4.69) is 15.5 Å². The molecule has 2 aliphatic rings. The third kappa shape index (κ3) is 2.38. The lowest BCUT2D eigenvalue weighted by molar-refractivity contribution is -0.182. The molecule has 2 aromatic rings. The number of aromatic amines is 1. The van der Waals surface area contributed by atoms with Gasteiger partial charge in [-0.15, -0.1) is 0 Å². The number of anilines is 1. The lowest BCUT2D eigenvalue weighted by Gasteiger charge is -2.34. The summed E-state index contributed by atoms with van der Waals surface area (Å²) >= 11 is 0. The molecule has 22 heavy (non-hydrogen) atoms. The number of hydrogen-bond acceptors (Lipinski definition) is 4. The van der Waals surface area contributed by atoms with Gasteiger partial charge >= 0.3 is 0 Å². The van der Waals surface area contributed by atoms with Crippen LogP contribution in [0.25, 0.3) is 10.9 Å². The molecule has 1 aliphatic carbocycles. The van der Waals surface area contributed by atoms with Crippen molar-refractivity contribution in [3.63, 3.8) is 0 Å². The monoisotopic (exact) mass is 301 g/mol. The smallest absolute Gasteiger partial charge is 0.228 e. The number of carbonyl (C=O) groups excluding carboxylic acids is 1. The second kappa shape index (κ2) is 5.37. The highest BCUT2D eigenvalue weighted by molar-refractivity contribution is 6.00. The van der Waals surface area contributed by atoms with E-state index in [4.69, 9.17) is 9.47 Å². The normalized spacial score (nSPS) is 21.5. The van der Waals surface area contributed by atoms with E-state index in [9.17, 15) is 4.79 Å². The highest BCUT2D eigenvalue weighted by Crippen LogP contribution is 2.38. The fraction of sp³-hybridized carbons (Fsp3) is 0.500. The number of aromatic nitrogens is 2. The number of nitrogens with one attached hydrogen (secondary N) is 2. The molecule has 0 atom stereocenters. The highest BCUT2D eigenvalue weighted by atomic mass is 16.7. The molecule has 1 spiro atoms. The summed E-state index contributed by atoms with van der Waals surface area (Å²) in [7, 11) is 0. The van der Waals surface area contributed by atoms with Crippen molar-refractivity contribution in [2.24, 2.45) is 5.92 Å². The summed E-state index contributed by atoms with van der Waals surface area (Å²) in [6.07, 6.45) is 3.14. The Kier molecular flexibility index (Phi) is 3.35. The first-order valence-electron chi connectivity index (χ1n) is 7.78. The van der Waals surface area contributed by atoms with Crippen molar-refractivity contribution in [2.45, 2.75) is 31.5 Å². The molecule has 1 saturated carbocycles. The van der Waals surface area contributed by atoms with Crippen molar-refractivity contribution >= 4 is 22.6 Å². The van der Waals surface area contributed by atoms with E-state index in [-0.39, 0.29) is 11.8 Å². The number of benzene rings is 1. The van der Waals surface area contributed by atoms with Crippen LogP contribution in [0, 0.1) is 5.92 Å². The van der Waals surface area contributed by atoms with Crippen LogP contribution in [0.3, 0.4) is 0 Å². The molecule has 6 heteroatoms. The van der Waals surface area contributed by atoms with Gasteiger partial charge in [-0.3, -0.25) is 9.89 Å². The number of fused-ring (bicyclic) bond motifs is 1. The first kappa shape index (κ1) is 13.7. The zero-order valence-corrected chi connectivity index (χ0v) is 12.3. The van der Waals surface area contributed by atoms with E-state index < -0.39 is 5.79 Å². The van der Waals surface area contributed by atoms with Crippen molar-refractivity contribution in [2.75, 3.05) is 18.5 Å². The Hall–Kier alpha value is -1.92. The number of nitrogens with zero attached hydrogens (tertiary/aromatic N) is 1. The zero-order chi connectivity index (χ0) is 15.0. The Morgan fingerprint density at radius 1 is 1.23 bits per heavy atom. The summed E-state index contributed by atoms with van der Waals surface area (Å²) < 4.78 is 11.4. The van der Waals surface area contributed by atoms with Crippen LogP contribution in [-0.4, -0.2) is 35.1 Å². The van der Waals surface area contributed by atoms with Gasteiger partial charge in [0.2, 0.25) is 5.91 Å². The lowest BCUT2D eigenvalue weighted by Crippen LogP contribution is -2.38. The van der Waals surface area contributed by atoms with Gasteiger partial charge in [0.15, 0.2) is 11.6 Å². The van der Waals surface area contributed by atoms with Crippen molar-refractivity contribution < 1.29 is 14.3 Å². The molecular formula is C16H19N3O3. The fourth-order valence-corrected chi connectivity index (χ4v) is 3.38. The molecule has 4 rings (SSSR count). The number of para-hydroxylation sites is 1. The minimum Gasteiger partial charge on any atom is -0.348 e. The predicted octanol–water partition coefficient (Wildman–Crippen LogP) is 2.43. The second-order valence-corrected chi connectivity index (χ2v) is 5.99. The SMILES string of the molecule is O=C(Nc1n[nH]c2ccccc12)C1CCC2(CC1)OCCO2. The third-order valence-electron chi connectivity index (χ3n) is 4.64. The van der Waals surface area contributed by atoms with Gasteiger partial charge in [-0.1, -0.05) is 12.1 Å². The van der Waals surface area contributed by atoms with Crippen molar-refractivity contribution in [1.29, 1.82) is 0 Å². The van der Waals surface area contributed by atoms with Crippen LogP contribution < -0.4 is 5.32 Å². The molecule has 1 amide bonds. The molecule has 0 unspecified atom stereocenters. The molecule has 1 saturated heterocycles. The molecule has 2 N–H and O–H groups in total. The van der Waals surface area contributed by atoms with Crippen LogP contribution in [0.15, 0.2) is 24.3 Å². The molecule has 0 radical (unpaired) electrons. The van der Waals surface area contributed by atoms with Crippen molar-refractivity contribution in [3.8, 4) is 0 Å². The number of carbonyl (C=O) groups is 1. The topological polar surface area (TPSA) is 76.2 Å². The van der Waals surface area contributed by atoms with E-state index in [1.165, 1.54) is 0 Å². The van der Waals surface area contributed by atoms with Crippen molar-refractivity contribution in [1.82, 2.24) is 10.2 Å². The van der Waals surface area contributed by atoms with Crippen LogP contribution in [0.5, 0.6) is 0 Å². The highest BCUT2D eigenvalue weighted by Gasteiger charge is 2.41. The lowest BCUT2D eigenvalue weighted by atomic mass is 9.84. The Labute approximate surface area is 128 Å². The summed E-state index contributed by atoms with van der Waals surface area (Å²) in [6, 6.07) is 7.77. The zero-order valence-electron chi connectivity index (χ0n) is 12.3. The first-order chi connectivity index (χ1) is 10.8. The van der Waals surface area contributed by atoms with Gasteiger partial charge in [0, 0.05) is 24.1 Å². The number of hydrogen-bond donors (Lipinski definition) is 2. The van der Waals surface area contributed by atoms with Gasteiger partial charge in [0.25, 0.3) is 0 Å². The average molecular weight is 301 g/mol. The third-order valence-corrected chi connectivity index (χ3v) is 4.64. The van der Waals surface area contributed by atoms with E-state index in [1.54, 1.807) is 0 Å². The summed E-state index contributed by atoms with van der Waals surface area (Å²) in [5, 5.41) is 11.0. The largest absolute Gasteiger partial charge is 0.348 e. The Morgan fingerprint density at radius 2 is 1.95 bits per heavy atom. The first-order valence-corrected chi connectivity index (χ1v) is 7.78. The maximum absolute atomic E-state index is 12.5. The summed E-state index contributed by atoms with van der Waals surface area (Å²) in [5.41, 5.74) is 0.924. The molecule has 116 valence electrons. The van der Waals surface area contributed by atoms with Crippen LogP contribution in [-0.2, 0) is 14.3 Å². The van der Waals surface area contributed by atoms with E-state index in [1.807, 2.05) is 24.3 Å². The van der Waals surface area contributed by atoms with Crippen molar-refractivity contribution in [3.05, 3.63) is 24.3 Å². The minimum absolute atomic E-state index is 0.00566. The number of H-pyrrole nitrogens is 1. The minimum atomic E-state index is -0.421. The predicted molar refractivity (Wildman–Crippen MR) is 81.3 cm³/mol. The Bertz CT molecular complexity index is 681. The summed E-state index contributed by atoms with van der Waals surface area (Å²) in [4.78, 5) is 12.5. The standard InChI is InChI=1S/C16H19N3O3/c20-15(11-5-7-16(8-6-11)21-9-10-22-16)17-14-12-3-1-2-4-13(12)18-19-14/h1-4,11H,5-10H2,(H2,17,18,19,20). The summed E-state index contributed by atoms with van der Waals surface area (Å²) in [6.45, 7) is 1.33. The molecule has 0 bridgehead atoms. The maximum atomic E-state index is 12.5. The van der Waals surface area contributed by atoms with Crippen LogP contribution in [0.4, 0.5) is 5.82 Å². The molecular weight excluding hydrogens is 282 g/mol.